The molecule has 0 aromatic carbocycles. The Kier molecular flexibility index (Phi) is 6.17. The molecule has 0 aromatic rings. The van der Waals surface area contributed by atoms with E-state index in [4.69, 9.17) is 9.57 Å². The SMILES string of the molecule is CCC(C)CCON1CCN(COC)C1. The van der Waals surface area contributed by atoms with E-state index in [0.29, 0.717) is 6.73 Å². The predicted octanol–water partition coefficient (Wildman–Crippen LogP) is 1.53. The number of methoxy groups -OCH3 is 1. The third kappa shape index (κ3) is 4.93. The summed E-state index contributed by atoms with van der Waals surface area (Å²) in [5.74, 6) is 0.766. The lowest BCUT2D eigenvalue weighted by molar-refractivity contribution is -0.157. The van der Waals surface area contributed by atoms with Crippen molar-refractivity contribution in [1.29, 1.82) is 0 Å². The van der Waals surface area contributed by atoms with Crippen molar-refractivity contribution in [1.82, 2.24) is 9.96 Å². The highest BCUT2D eigenvalue weighted by Gasteiger charge is 2.19. The molecule has 1 aliphatic rings. The Bertz CT molecular complexity index is 167. The first-order valence-corrected chi connectivity index (χ1v) is 5.85. The minimum Gasteiger partial charge on any atom is -0.369 e. The fraction of sp³-hybridized carbons (Fsp3) is 1.00. The van der Waals surface area contributed by atoms with Gasteiger partial charge in [-0.1, -0.05) is 20.3 Å². The van der Waals surface area contributed by atoms with Gasteiger partial charge in [-0.3, -0.25) is 9.74 Å². The lowest BCUT2D eigenvalue weighted by Gasteiger charge is -2.18. The first-order valence-electron chi connectivity index (χ1n) is 5.85. The van der Waals surface area contributed by atoms with E-state index in [9.17, 15) is 0 Å². The second-order valence-electron chi connectivity index (χ2n) is 4.29. The molecule has 1 aliphatic heterocycles. The molecule has 15 heavy (non-hydrogen) atoms. The van der Waals surface area contributed by atoms with Gasteiger partial charge in [0.2, 0.25) is 0 Å². The van der Waals surface area contributed by atoms with Gasteiger partial charge in [-0.2, -0.15) is 5.06 Å². The van der Waals surface area contributed by atoms with Crippen molar-refractivity contribution in [2.75, 3.05) is 40.2 Å². The maximum atomic E-state index is 5.69. The number of hydrogen-bond acceptors (Lipinski definition) is 4. The van der Waals surface area contributed by atoms with Gasteiger partial charge in [0, 0.05) is 20.2 Å². The molecule has 1 unspecified atom stereocenters. The summed E-state index contributed by atoms with van der Waals surface area (Å²) >= 11 is 0. The molecule has 90 valence electrons. The van der Waals surface area contributed by atoms with E-state index >= 15 is 0 Å². The highest BCUT2D eigenvalue weighted by Crippen LogP contribution is 2.09. The van der Waals surface area contributed by atoms with Gasteiger partial charge < -0.3 is 4.74 Å². The molecule has 1 fully saturated rings. The first kappa shape index (κ1) is 12.9. The van der Waals surface area contributed by atoms with E-state index in [1.54, 1.807) is 7.11 Å². The van der Waals surface area contributed by atoms with Crippen LogP contribution in [0.3, 0.4) is 0 Å². The Morgan fingerprint density at radius 3 is 2.80 bits per heavy atom. The van der Waals surface area contributed by atoms with Crippen LogP contribution in [0.25, 0.3) is 0 Å². The van der Waals surface area contributed by atoms with Gasteiger partial charge in [-0.25, -0.2) is 0 Å². The zero-order valence-electron chi connectivity index (χ0n) is 10.2. The Morgan fingerprint density at radius 1 is 1.33 bits per heavy atom. The highest BCUT2D eigenvalue weighted by atomic mass is 16.7. The van der Waals surface area contributed by atoms with Crippen LogP contribution < -0.4 is 0 Å². The summed E-state index contributed by atoms with van der Waals surface area (Å²) in [5.41, 5.74) is 0. The molecule has 0 saturated carbocycles. The van der Waals surface area contributed by atoms with Crippen LogP contribution in [0.1, 0.15) is 26.7 Å². The van der Waals surface area contributed by atoms with Gasteiger partial charge in [0.05, 0.1) is 20.0 Å². The molecule has 1 rings (SSSR count). The summed E-state index contributed by atoms with van der Waals surface area (Å²) < 4.78 is 5.08. The largest absolute Gasteiger partial charge is 0.369 e. The van der Waals surface area contributed by atoms with Crippen molar-refractivity contribution in [3.8, 4) is 0 Å². The van der Waals surface area contributed by atoms with Crippen molar-refractivity contribution in [3.63, 3.8) is 0 Å². The topological polar surface area (TPSA) is 24.9 Å². The molecule has 0 spiro atoms. The summed E-state index contributed by atoms with van der Waals surface area (Å²) in [6.45, 7) is 8.93. The Balaban J connectivity index is 2.03. The summed E-state index contributed by atoms with van der Waals surface area (Å²) in [6, 6.07) is 0. The molecule has 0 amide bonds. The van der Waals surface area contributed by atoms with Gasteiger partial charge >= 0.3 is 0 Å². The molecule has 1 saturated heterocycles. The van der Waals surface area contributed by atoms with E-state index in [2.05, 4.69) is 18.7 Å². The molecule has 1 atom stereocenters. The van der Waals surface area contributed by atoms with E-state index in [0.717, 1.165) is 38.7 Å². The van der Waals surface area contributed by atoms with Crippen LogP contribution >= 0.6 is 0 Å². The molecule has 0 aromatic heterocycles. The average Bonchev–Trinajstić information content (AvgIpc) is 2.66. The van der Waals surface area contributed by atoms with Crippen LogP contribution in [0.4, 0.5) is 0 Å². The van der Waals surface area contributed by atoms with Crippen LogP contribution in [0.5, 0.6) is 0 Å². The molecular formula is C11H24N2O2. The lowest BCUT2D eigenvalue weighted by atomic mass is 10.1. The monoisotopic (exact) mass is 216 g/mol. The second-order valence-corrected chi connectivity index (χ2v) is 4.29. The maximum absolute atomic E-state index is 5.69. The standard InChI is InChI=1S/C11H24N2O2/c1-4-11(2)5-8-15-13-7-6-12(9-13)10-14-3/h11H,4-10H2,1-3H3. The van der Waals surface area contributed by atoms with Gasteiger partial charge in [0.15, 0.2) is 0 Å². The van der Waals surface area contributed by atoms with Gasteiger partial charge in [-0.05, 0) is 12.3 Å². The molecule has 1 heterocycles. The smallest absolute Gasteiger partial charge is 0.0997 e. The van der Waals surface area contributed by atoms with E-state index < -0.39 is 0 Å². The van der Waals surface area contributed by atoms with Crippen molar-refractivity contribution in [3.05, 3.63) is 0 Å². The first-order chi connectivity index (χ1) is 7.26. The van der Waals surface area contributed by atoms with E-state index in [-0.39, 0.29) is 0 Å². The van der Waals surface area contributed by atoms with Crippen LogP contribution in [-0.4, -0.2) is 50.2 Å². The molecule has 4 nitrogen and oxygen atoms in total. The fourth-order valence-electron chi connectivity index (χ4n) is 1.60. The lowest BCUT2D eigenvalue weighted by Crippen LogP contribution is -2.27. The molecule has 0 radical (unpaired) electrons. The molecule has 0 N–H and O–H groups in total. The van der Waals surface area contributed by atoms with Crippen molar-refractivity contribution in [2.45, 2.75) is 26.7 Å². The zero-order valence-corrected chi connectivity index (χ0v) is 10.2. The normalized spacial score (nSPS) is 21.0. The second kappa shape index (κ2) is 7.17. The van der Waals surface area contributed by atoms with Gasteiger partial charge in [0.25, 0.3) is 0 Å². The summed E-state index contributed by atoms with van der Waals surface area (Å²) in [6.07, 6.45) is 2.39. The minimum absolute atomic E-state index is 0.700. The number of nitrogens with zero attached hydrogens (tertiary/aromatic N) is 2. The molecule has 0 aliphatic carbocycles. The van der Waals surface area contributed by atoms with Gasteiger partial charge in [-0.15, -0.1) is 0 Å². The summed E-state index contributed by atoms with van der Waals surface area (Å²) in [7, 11) is 1.73. The quantitative estimate of drug-likeness (QED) is 0.644. The Hall–Kier alpha value is -0.160. The van der Waals surface area contributed by atoms with Crippen LogP contribution in [-0.2, 0) is 9.57 Å². The average molecular weight is 216 g/mol. The van der Waals surface area contributed by atoms with Crippen molar-refractivity contribution < 1.29 is 9.57 Å². The summed E-state index contributed by atoms with van der Waals surface area (Å²) in [4.78, 5) is 7.91. The summed E-state index contributed by atoms with van der Waals surface area (Å²) in [5, 5.41) is 2.03. The van der Waals surface area contributed by atoms with Crippen LogP contribution in [0.15, 0.2) is 0 Å². The Morgan fingerprint density at radius 2 is 2.13 bits per heavy atom. The Labute approximate surface area is 93.1 Å². The number of hydrogen-bond donors (Lipinski definition) is 0. The maximum Gasteiger partial charge on any atom is 0.0997 e. The predicted molar refractivity (Wildman–Crippen MR) is 60.2 cm³/mol. The fourth-order valence-corrected chi connectivity index (χ4v) is 1.60. The van der Waals surface area contributed by atoms with Crippen molar-refractivity contribution >= 4 is 0 Å². The number of hydroxylamine groups is 2. The number of rotatable bonds is 7. The van der Waals surface area contributed by atoms with E-state index in [1.165, 1.54) is 6.42 Å². The van der Waals surface area contributed by atoms with E-state index in [1.807, 2.05) is 5.06 Å². The minimum atomic E-state index is 0.700. The zero-order chi connectivity index (χ0) is 11.1. The number of ether oxygens (including phenoxy) is 1. The molecule has 4 heteroatoms. The third-order valence-corrected chi connectivity index (χ3v) is 2.92. The van der Waals surface area contributed by atoms with Crippen LogP contribution in [0.2, 0.25) is 0 Å². The molecular weight excluding hydrogens is 192 g/mol. The van der Waals surface area contributed by atoms with Crippen LogP contribution in [0, 0.1) is 5.92 Å². The van der Waals surface area contributed by atoms with Gasteiger partial charge in [0.1, 0.15) is 0 Å². The highest BCUT2D eigenvalue weighted by molar-refractivity contribution is 4.62. The third-order valence-electron chi connectivity index (χ3n) is 2.92. The van der Waals surface area contributed by atoms with Crippen molar-refractivity contribution in [2.24, 2.45) is 5.92 Å². The molecule has 0 bridgehead atoms.